The van der Waals surface area contributed by atoms with E-state index in [4.69, 9.17) is 4.52 Å². The Labute approximate surface area is 100 Å². The van der Waals surface area contributed by atoms with Gasteiger partial charge < -0.3 is 9.42 Å². The summed E-state index contributed by atoms with van der Waals surface area (Å²) in [6.07, 6.45) is 5.26. The van der Waals surface area contributed by atoms with Crippen molar-refractivity contribution in [3.8, 4) is 0 Å². The highest BCUT2D eigenvalue weighted by molar-refractivity contribution is 5.80. The van der Waals surface area contributed by atoms with E-state index in [1.165, 1.54) is 6.42 Å². The summed E-state index contributed by atoms with van der Waals surface area (Å²) in [6.45, 7) is 2.64. The molecule has 0 N–H and O–H groups in total. The fraction of sp³-hybridized carbons (Fsp3) is 0.750. The Morgan fingerprint density at radius 1 is 1.35 bits per heavy atom. The van der Waals surface area contributed by atoms with Crippen LogP contribution in [0.4, 0.5) is 0 Å². The van der Waals surface area contributed by atoms with Crippen molar-refractivity contribution in [2.45, 2.75) is 45.1 Å². The Bertz CT molecular complexity index is 425. The van der Waals surface area contributed by atoms with E-state index in [2.05, 4.69) is 10.1 Å². The van der Waals surface area contributed by atoms with Gasteiger partial charge in [-0.3, -0.25) is 4.79 Å². The fourth-order valence-electron chi connectivity index (χ4n) is 2.63. The molecule has 1 saturated carbocycles. The van der Waals surface area contributed by atoms with E-state index in [1.54, 1.807) is 6.92 Å². The maximum Gasteiger partial charge on any atom is 0.249 e. The molecule has 2 fully saturated rings. The van der Waals surface area contributed by atoms with Gasteiger partial charge in [0.1, 0.15) is 6.04 Å². The van der Waals surface area contributed by atoms with Gasteiger partial charge in [0.05, 0.1) is 0 Å². The van der Waals surface area contributed by atoms with Gasteiger partial charge in [0.25, 0.3) is 0 Å². The van der Waals surface area contributed by atoms with Crippen molar-refractivity contribution in [1.82, 2.24) is 15.0 Å². The van der Waals surface area contributed by atoms with Crippen molar-refractivity contribution in [3.63, 3.8) is 0 Å². The number of amides is 1. The van der Waals surface area contributed by atoms with Crippen molar-refractivity contribution < 1.29 is 9.32 Å². The van der Waals surface area contributed by atoms with E-state index in [-0.39, 0.29) is 17.9 Å². The van der Waals surface area contributed by atoms with Crippen molar-refractivity contribution in [3.05, 3.63) is 11.7 Å². The molecule has 17 heavy (non-hydrogen) atoms. The standard InChI is InChI=1S/C12H17N3O2/c1-8-13-11(17-14-8)10-6-3-7-15(10)12(16)9-4-2-5-9/h9-10H,2-7H2,1H3/t10-/m0/s1. The number of aryl methyl sites for hydroxylation is 1. The van der Waals surface area contributed by atoms with Gasteiger partial charge in [-0.05, 0) is 32.6 Å². The molecule has 92 valence electrons. The van der Waals surface area contributed by atoms with Crippen LogP contribution in [0.1, 0.15) is 49.9 Å². The summed E-state index contributed by atoms with van der Waals surface area (Å²) >= 11 is 0. The zero-order valence-electron chi connectivity index (χ0n) is 10.1. The summed E-state index contributed by atoms with van der Waals surface area (Å²) in [5.74, 6) is 1.78. The molecular weight excluding hydrogens is 218 g/mol. The van der Waals surface area contributed by atoms with Gasteiger partial charge in [-0.1, -0.05) is 11.6 Å². The van der Waals surface area contributed by atoms with Gasteiger partial charge in [0.15, 0.2) is 5.82 Å². The number of hydrogen-bond acceptors (Lipinski definition) is 4. The lowest BCUT2D eigenvalue weighted by Crippen LogP contribution is -2.38. The third-order valence-corrected chi connectivity index (χ3v) is 3.82. The highest BCUT2D eigenvalue weighted by Crippen LogP contribution is 2.36. The molecule has 2 heterocycles. The maximum absolute atomic E-state index is 12.3. The quantitative estimate of drug-likeness (QED) is 0.784. The molecule has 1 aliphatic heterocycles. The molecule has 2 aliphatic rings. The number of likely N-dealkylation sites (tertiary alicyclic amines) is 1. The third kappa shape index (κ3) is 1.83. The van der Waals surface area contributed by atoms with Gasteiger partial charge in [-0.25, -0.2) is 0 Å². The smallest absolute Gasteiger partial charge is 0.249 e. The minimum Gasteiger partial charge on any atom is -0.337 e. The lowest BCUT2D eigenvalue weighted by Gasteiger charge is -2.31. The zero-order valence-corrected chi connectivity index (χ0v) is 10.1. The Morgan fingerprint density at radius 2 is 2.18 bits per heavy atom. The molecule has 1 aliphatic carbocycles. The Kier molecular flexibility index (Phi) is 2.61. The van der Waals surface area contributed by atoms with Crippen LogP contribution in [-0.4, -0.2) is 27.5 Å². The molecule has 0 bridgehead atoms. The molecule has 1 saturated heterocycles. The van der Waals surface area contributed by atoms with E-state index in [0.29, 0.717) is 11.7 Å². The molecule has 1 aromatic heterocycles. The molecule has 1 atom stereocenters. The second kappa shape index (κ2) is 4.13. The molecule has 3 rings (SSSR count). The van der Waals surface area contributed by atoms with E-state index in [1.807, 2.05) is 4.90 Å². The molecule has 0 aromatic carbocycles. The first-order chi connectivity index (χ1) is 8.25. The van der Waals surface area contributed by atoms with Gasteiger partial charge in [0.2, 0.25) is 11.8 Å². The van der Waals surface area contributed by atoms with Crippen LogP contribution in [0.2, 0.25) is 0 Å². The lowest BCUT2D eigenvalue weighted by molar-refractivity contribution is -0.139. The Balaban J connectivity index is 1.77. The predicted molar refractivity (Wildman–Crippen MR) is 60.1 cm³/mol. The van der Waals surface area contributed by atoms with Crippen LogP contribution in [0.5, 0.6) is 0 Å². The number of hydrogen-bond donors (Lipinski definition) is 0. The first-order valence-electron chi connectivity index (χ1n) is 6.36. The normalized spacial score (nSPS) is 25.0. The first-order valence-corrected chi connectivity index (χ1v) is 6.36. The topological polar surface area (TPSA) is 59.2 Å². The average Bonchev–Trinajstić information content (AvgIpc) is 2.81. The summed E-state index contributed by atoms with van der Waals surface area (Å²) < 4.78 is 5.21. The average molecular weight is 235 g/mol. The van der Waals surface area contributed by atoms with E-state index in [9.17, 15) is 4.79 Å². The summed E-state index contributed by atoms with van der Waals surface area (Å²) in [6, 6.07) is 0.0179. The van der Waals surface area contributed by atoms with Gasteiger partial charge in [0, 0.05) is 12.5 Å². The minimum absolute atomic E-state index is 0.0179. The summed E-state index contributed by atoms with van der Waals surface area (Å²) in [4.78, 5) is 18.5. The first kappa shape index (κ1) is 10.7. The summed E-state index contributed by atoms with van der Waals surface area (Å²) in [5.41, 5.74) is 0. The Morgan fingerprint density at radius 3 is 2.76 bits per heavy atom. The number of carbonyl (C=O) groups is 1. The monoisotopic (exact) mass is 235 g/mol. The number of aromatic nitrogens is 2. The van der Waals surface area contributed by atoms with Gasteiger partial charge >= 0.3 is 0 Å². The predicted octanol–water partition coefficient (Wildman–Crippen LogP) is 1.84. The minimum atomic E-state index is 0.0179. The second-order valence-corrected chi connectivity index (χ2v) is 5.00. The summed E-state index contributed by atoms with van der Waals surface area (Å²) in [5, 5.41) is 3.81. The largest absolute Gasteiger partial charge is 0.337 e. The maximum atomic E-state index is 12.3. The van der Waals surface area contributed by atoms with Crippen LogP contribution in [0.25, 0.3) is 0 Å². The molecule has 5 heteroatoms. The number of nitrogens with zero attached hydrogens (tertiary/aromatic N) is 3. The SMILES string of the molecule is Cc1noc([C@@H]2CCCN2C(=O)C2CCC2)n1. The van der Waals surface area contributed by atoms with Crippen LogP contribution in [0.3, 0.4) is 0 Å². The van der Waals surface area contributed by atoms with Crippen molar-refractivity contribution in [1.29, 1.82) is 0 Å². The fourth-order valence-corrected chi connectivity index (χ4v) is 2.63. The molecule has 0 radical (unpaired) electrons. The van der Waals surface area contributed by atoms with E-state index in [0.717, 1.165) is 32.2 Å². The van der Waals surface area contributed by atoms with Crippen LogP contribution in [0, 0.1) is 12.8 Å². The number of rotatable bonds is 2. The van der Waals surface area contributed by atoms with Gasteiger partial charge in [-0.15, -0.1) is 0 Å². The molecule has 0 unspecified atom stereocenters. The molecule has 0 spiro atoms. The van der Waals surface area contributed by atoms with E-state index >= 15 is 0 Å². The second-order valence-electron chi connectivity index (χ2n) is 5.00. The molecule has 1 aromatic rings. The van der Waals surface area contributed by atoms with Crippen molar-refractivity contribution >= 4 is 5.91 Å². The van der Waals surface area contributed by atoms with Crippen LogP contribution < -0.4 is 0 Å². The van der Waals surface area contributed by atoms with Crippen LogP contribution in [0.15, 0.2) is 4.52 Å². The summed E-state index contributed by atoms with van der Waals surface area (Å²) in [7, 11) is 0. The Hall–Kier alpha value is -1.39. The van der Waals surface area contributed by atoms with Crippen LogP contribution >= 0.6 is 0 Å². The highest BCUT2D eigenvalue weighted by Gasteiger charge is 2.38. The lowest BCUT2D eigenvalue weighted by atomic mass is 9.84. The zero-order chi connectivity index (χ0) is 11.8. The van der Waals surface area contributed by atoms with Crippen LogP contribution in [-0.2, 0) is 4.79 Å². The van der Waals surface area contributed by atoms with Gasteiger partial charge in [-0.2, -0.15) is 4.98 Å². The van der Waals surface area contributed by atoms with Crippen molar-refractivity contribution in [2.75, 3.05) is 6.54 Å². The molecule has 1 amide bonds. The van der Waals surface area contributed by atoms with Crippen molar-refractivity contribution in [2.24, 2.45) is 5.92 Å². The third-order valence-electron chi connectivity index (χ3n) is 3.82. The highest BCUT2D eigenvalue weighted by atomic mass is 16.5. The molecular formula is C12H17N3O2. The number of carbonyl (C=O) groups excluding carboxylic acids is 1. The van der Waals surface area contributed by atoms with E-state index < -0.39 is 0 Å². The molecule has 5 nitrogen and oxygen atoms in total.